The Morgan fingerprint density at radius 1 is 0.964 bits per heavy atom. The van der Waals surface area contributed by atoms with E-state index in [4.69, 9.17) is 4.98 Å². The molecule has 4 heterocycles. The van der Waals surface area contributed by atoms with Crippen LogP contribution in [0, 0.1) is 43.9 Å². The largest absolute Gasteiger partial charge is 0.354 e. The number of anilines is 1. The second-order valence-corrected chi connectivity index (χ2v) is 17.9. The zero-order valence-corrected chi connectivity index (χ0v) is 34.6. The van der Waals surface area contributed by atoms with Gasteiger partial charge in [-0.2, -0.15) is 0 Å². The minimum absolute atomic E-state index is 0.162. The van der Waals surface area contributed by atoms with Gasteiger partial charge in [-0.25, -0.2) is 4.98 Å². The number of pyridine rings is 2. The molecule has 55 heavy (non-hydrogen) atoms. The lowest BCUT2D eigenvalue weighted by molar-refractivity contribution is 0.0260. The minimum atomic E-state index is -0.195. The van der Waals surface area contributed by atoms with Crippen molar-refractivity contribution in [2.45, 2.75) is 106 Å². The summed E-state index contributed by atoms with van der Waals surface area (Å²) in [6.45, 7) is 22.6. The molecule has 9 heteroatoms. The average molecular weight is 748 g/mol. The first kappa shape index (κ1) is 39.3. The summed E-state index contributed by atoms with van der Waals surface area (Å²) in [7, 11) is 0. The number of hydrogen-bond donors (Lipinski definition) is 3. The number of piperazine rings is 1. The smallest absolute Gasteiger partial charge is 0.253 e. The third-order valence-electron chi connectivity index (χ3n) is 13.4. The van der Waals surface area contributed by atoms with E-state index in [-0.39, 0.29) is 24.1 Å². The van der Waals surface area contributed by atoms with E-state index in [1.807, 2.05) is 32.2 Å². The van der Waals surface area contributed by atoms with Crippen LogP contribution in [0.15, 0.2) is 47.5 Å². The van der Waals surface area contributed by atoms with Crippen LogP contribution in [-0.4, -0.2) is 71.2 Å². The molecule has 2 aliphatic carbocycles. The average Bonchev–Trinajstić information content (AvgIpc) is 3.50. The van der Waals surface area contributed by atoms with Crippen molar-refractivity contribution in [3.8, 4) is 11.1 Å². The highest BCUT2D eigenvalue weighted by atomic mass is 16.1. The van der Waals surface area contributed by atoms with Crippen molar-refractivity contribution in [1.82, 2.24) is 30.1 Å². The second-order valence-electron chi connectivity index (χ2n) is 17.9. The van der Waals surface area contributed by atoms with Crippen LogP contribution in [0.4, 0.5) is 5.82 Å². The molecule has 3 aliphatic rings. The lowest BCUT2D eigenvalue weighted by atomic mass is 9.57. The molecule has 3 N–H and O–H groups in total. The molecule has 3 aromatic heterocycles. The fourth-order valence-electron chi connectivity index (χ4n) is 10.6. The SMILES string of the molecule is CCC1(CCNCCN2CCN(c3ccc(-c4cc(C(=O)NCc5c(C)cc(C)[nH]c5=O)c5c(C)cn(C(C)C)c5c4)cn3)CC2)CC2CC(C)CC(C2)C1. The van der Waals surface area contributed by atoms with Crippen LogP contribution >= 0.6 is 0 Å². The van der Waals surface area contributed by atoms with Crippen LogP contribution in [0.25, 0.3) is 22.0 Å². The van der Waals surface area contributed by atoms with E-state index in [0.29, 0.717) is 16.5 Å². The summed E-state index contributed by atoms with van der Waals surface area (Å²) >= 11 is 0. The molecule has 1 saturated heterocycles. The van der Waals surface area contributed by atoms with Gasteiger partial charge in [0.15, 0.2) is 0 Å². The fourth-order valence-corrected chi connectivity index (χ4v) is 10.6. The number of nitrogens with zero attached hydrogens (tertiary/aromatic N) is 4. The van der Waals surface area contributed by atoms with Crippen molar-refractivity contribution >= 4 is 22.6 Å². The maximum absolute atomic E-state index is 13.9. The van der Waals surface area contributed by atoms with Gasteiger partial charge in [0.2, 0.25) is 0 Å². The summed E-state index contributed by atoms with van der Waals surface area (Å²) in [5, 5.41) is 7.82. The number of aryl methyl sites for hydroxylation is 3. The molecule has 0 spiro atoms. The van der Waals surface area contributed by atoms with E-state index in [0.717, 1.165) is 108 Å². The summed E-state index contributed by atoms with van der Waals surface area (Å²) in [5.74, 6) is 3.69. The molecule has 0 radical (unpaired) electrons. The van der Waals surface area contributed by atoms with E-state index in [1.54, 1.807) is 0 Å². The quantitative estimate of drug-likeness (QED) is 0.120. The molecule has 1 amide bonds. The lowest BCUT2D eigenvalue weighted by Gasteiger charge is -2.49. The summed E-state index contributed by atoms with van der Waals surface area (Å²) in [5.41, 5.74) is 7.26. The Balaban J connectivity index is 0.956. The lowest BCUT2D eigenvalue weighted by Crippen LogP contribution is -2.48. The third kappa shape index (κ3) is 8.73. The van der Waals surface area contributed by atoms with Crippen LogP contribution in [0.3, 0.4) is 0 Å². The molecule has 3 fully saturated rings. The number of hydrogen-bond acceptors (Lipinski definition) is 6. The van der Waals surface area contributed by atoms with Gasteiger partial charge in [-0.1, -0.05) is 20.3 Å². The van der Waals surface area contributed by atoms with Gasteiger partial charge in [0.05, 0.1) is 0 Å². The van der Waals surface area contributed by atoms with Crippen molar-refractivity contribution in [3.63, 3.8) is 0 Å². The summed E-state index contributed by atoms with van der Waals surface area (Å²) < 4.78 is 2.24. The Labute approximate surface area is 328 Å². The van der Waals surface area contributed by atoms with Crippen molar-refractivity contribution in [3.05, 3.63) is 81.0 Å². The molecule has 2 unspecified atom stereocenters. The van der Waals surface area contributed by atoms with Crippen LogP contribution in [0.1, 0.15) is 111 Å². The molecule has 2 saturated carbocycles. The first-order valence-corrected chi connectivity index (χ1v) is 21.2. The van der Waals surface area contributed by atoms with Crippen molar-refractivity contribution in [1.29, 1.82) is 0 Å². The number of benzene rings is 1. The fraction of sp³-hybridized carbons (Fsp3) is 0.587. The van der Waals surface area contributed by atoms with Crippen molar-refractivity contribution in [2.75, 3.05) is 50.7 Å². The highest BCUT2D eigenvalue weighted by Gasteiger charge is 2.42. The normalized spacial score (nSPS) is 23.1. The maximum Gasteiger partial charge on any atom is 0.253 e. The highest BCUT2D eigenvalue weighted by Crippen LogP contribution is 2.53. The molecular formula is C46H65N7O2. The van der Waals surface area contributed by atoms with Crippen molar-refractivity contribution < 1.29 is 4.79 Å². The highest BCUT2D eigenvalue weighted by molar-refractivity contribution is 6.09. The number of fused-ring (bicyclic) bond motifs is 3. The molecular weight excluding hydrogens is 683 g/mol. The van der Waals surface area contributed by atoms with Gasteiger partial charge in [0, 0.05) is 97.5 Å². The van der Waals surface area contributed by atoms with E-state index >= 15 is 0 Å². The Morgan fingerprint density at radius 2 is 1.71 bits per heavy atom. The molecule has 1 aliphatic heterocycles. The van der Waals surface area contributed by atoms with Crippen LogP contribution in [0.5, 0.6) is 0 Å². The standard InChI is InChI=1S/C46H65N7O2/c1-8-46(25-35-19-31(4)20-36(22-35)26-46)11-12-47-13-14-51-15-17-52(18-16-51)42-10-9-37(27-48-42)38-23-39(43-33(6)29-53(30(2)3)41(43)24-38)44(54)49-28-40-32(5)21-34(7)50-45(40)55/h9-10,21,23-24,27,29-31,35-36,47H,8,11-20,22,25-26,28H2,1-7H3,(H,49,54)(H,50,55). The van der Waals surface area contributed by atoms with Gasteiger partial charge in [-0.15, -0.1) is 0 Å². The molecule has 7 rings (SSSR count). The number of rotatable bonds is 13. The Morgan fingerprint density at radius 3 is 2.36 bits per heavy atom. The first-order chi connectivity index (χ1) is 26.4. The zero-order valence-electron chi connectivity index (χ0n) is 34.6. The molecule has 296 valence electrons. The van der Waals surface area contributed by atoms with Crippen LogP contribution in [0.2, 0.25) is 0 Å². The van der Waals surface area contributed by atoms with Gasteiger partial charge in [-0.05, 0) is 150 Å². The molecule has 4 aromatic rings. The summed E-state index contributed by atoms with van der Waals surface area (Å²) in [6, 6.07) is 10.6. The molecule has 2 atom stereocenters. The number of H-pyrrole nitrogens is 1. The van der Waals surface area contributed by atoms with E-state index in [2.05, 4.69) is 89.0 Å². The number of carbonyl (C=O) groups is 1. The van der Waals surface area contributed by atoms with Gasteiger partial charge in [0.25, 0.3) is 11.5 Å². The first-order valence-electron chi connectivity index (χ1n) is 21.2. The maximum atomic E-state index is 13.9. The van der Waals surface area contributed by atoms with E-state index in [1.165, 1.54) is 44.9 Å². The minimum Gasteiger partial charge on any atom is -0.354 e. The second kappa shape index (κ2) is 16.6. The Hall–Kier alpha value is -3.95. The van der Waals surface area contributed by atoms with Gasteiger partial charge in [-0.3, -0.25) is 14.5 Å². The number of amides is 1. The number of nitrogens with one attached hydrogen (secondary N) is 3. The van der Waals surface area contributed by atoms with Gasteiger partial charge >= 0.3 is 0 Å². The predicted octanol–water partition coefficient (Wildman–Crippen LogP) is 8.17. The third-order valence-corrected chi connectivity index (χ3v) is 13.4. The molecule has 9 nitrogen and oxygen atoms in total. The summed E-state index contributed by atoms with van der Waals surface area (Å²) in [4.78, 5) is 39.4. The number of carbonyl (C=O) groups excluding carboxylic acids is 1. The Kier molecular flexibility index (Phi) is 11.9. The number of aromatic amines is 1. The monoisotopic (exact) mass is 748 g/mol. The molecule has 2 bridgehead atoms. The van der Waals surface area contributed by atoms with Crippen molar-refractivity contribution in [2.24, 2.45) is 23.2 Å². The van der Waals surface area contributed by atoms with Gasteiger partial charge in [0.1, 0.15) is 5.82 Å². The topological polar surface area (TPSA) is 98.3 Å². The van der Waals surface area contributed by atoms with Crippen LogP contribution in [-0.2, 0) is 6.54 Å². The Bertz CT molecular complexity index is 2000. The number of aromatic nitrogens is 3. The van der Waals surface area contributed by atoms with Gasteiger partial charge < -0.3 is 25.1 Å². The predicted molar refractivity (Wildman–Crippen MR) is 226 cm³/mol. The van der Waals surface area contributed by atoms with Crippen LogP contribution < -0.4 is 21.1 Å². The van der Waals surface area contributed by atoms with E-state index < -0.39 is 0 Å². The zero-order chi connectivity index (χ0) is 38.9. The summed E-state index contributed by atoms with van der Waals surface area (Å²) in [6.07, 6.45) is 14.1. The van der Waals surface area contributed by atoms with E-state index in [9.17, 15) is 9.59 Å². The molecule has 1 aromatic carbocycles.